The summed E-state index contributed by atoms with van der Waals surface area (Å²) in [4.78, 5) is 11.5. The molecule has 94 valence electrons. The van der Waals surface area contributed by atoms with Gasteiger partial charge in [-0.25, -0.2) is 4.79 Å². The van der Waals surface area contributed by atoms with Gasteiger partial charge >= 0.3 is 5.97 Å². The van der Waals surface area contributed by atoms with Crippen LogP contribution in [-0.4, -0.2) is 5.97 Å². The first-order valence-electron chi connectivity index (χ1n) is 5.64. The van der Waals surface area contributed by atoms with Gasteiger partial charge < -0.3 is 4.74 Å². The third kappa shape index (κ3) is 4.09. The quantitative estimate of drug-likeness (QED) is 0.631. The Bertz CT molecular complexity index is 624. The molecule has 0 amide bonds. The van der Waals surface area contributed by atoms with E-state index >= 15 is 0 Å². The minimum absolute atomic E-state index is 0.169. The number of ether oxygens (including phenoxy) is 1. The molecule has 2 rings (SSSR count). The summed E-state index contributed by atoms with van der Waals surface area (Å²) >= 11 is 1.57. The minimum Gasteiger partial charge on any atom is -0.458 e. The first-order chi connectivity index (χ1) is 9.28. The van der Waals surface area contributed by atoms with Gasteiger partial charge in [-0.05, 0) is 46.2 Å². The van der Waals surface area contributed by atoms with Gasteiger partial charge in [-0.1, -0.05) is 12.1 Å². The van der Waals surface area contributed by atoms with Crippen LogP contribution in [0.25, 0.3) is 6.08 Å². The van der Waals surface area contributed by atoms with Gasteiger partial charge in [-0.3, -0.25) is 0 Å². The van der Waals surface area contributed by atoms with Crippen LogP contribution in [0.4, 0.5) is 0 Å². The van der Waals surface area contributed by atoms with E-state index in [2.05, 4.69) is 0 Å². The van der Waals surface area contributed by atoms with Crippen LogP contribution >= 0.6 is 11.3 Å². The highest BCUT2D eigenvalue weighted by atomic mass is 32.1. The number of esters is 1. The van der Waals surface area contributed by atoms with E-state index in [4.69, 9.17) is 10.00 Å². The monoisotopic (exact) mass is 269 g/mol. The van der Waals surface area contributed by atoms with E-state index in [1.165, 1.54) is 6.08 Å². The first-order valence-corrected chi connectivity index (χ1v) is 6.58. The van der Waals surface area contributed by atoms with Crippen molar-refractivity contribution in [2.24, 2.45) is 0 Å². The standard InChI is InChI=1S/C15H11NO2S/c16-9-13-2-1-3-14(8-13)10-18-15(17)5-4-12-6-7-19-11-12/h1-8,11H,10H2/b5-4+. The molecule has 0 fully saturated rings. The Morgan fingerprint density at radius 2 is 2.32 bits per heavy atom. The van der Waals surface area contributed by atoms with Crippen LogP contribution in [0, 0.1) is 11.3 Å². The SMILES string of the molecule is N#Cc1cccc(COC(=O)/C=C/c2ccsc2)c1. The van der Waals surface area contributed by atoms with Gasteiger partial charge in [0.05, 0.1) is 11.6 Å². The van der Waals surface area contributed by atoms with E-state index in [1.807, 2.05) is 29.0 Å². The van der Waals surface area contributed by atoms with Gasteiger partial charge in [0.15, 0.2) is 0 Å². The van der Waals surface area contributed by atoms with Crippen LogP contribution < -0.4 is 0 Å². The lowest BCUT2D eigenvalue weighted by Gasteiger charge is -2.02. The van der Waals surface area contributed by atoms with Gasteiger partial charge in [0.2, 0.25) is 0 Å². The average molecular weight is 269 g/mol. The maximum Gasteiger partial charge on any atom is 0.331 e. The van der Waals surface area contributed by atoms with Crippen molar-refractivity contribution < 1.29 is 9.53 Å². The molecule has 0 saturated carbocycles. The van der Waals surface area contributed by atoms with Crippen molar-refractivity contribution in [3.05, 3.63) is 63.9 Å². The molecular formula is C15H11NO2S. The Hall–Kier alpha value is -2.38. The molecule has 3 nitrogen and oxygen atoms in total. The van der Waals surface area contributed by atoms with Crippen LogP contribution in [0.1, 0.15) is 16.7 Å². The lowest BCUT2D eigenvalue weighted by atomic mass is 10.1. The van der Waals surface area contributed by atoms with Crippen molar-refractivity contribution in [3.63, 3.8) is 0 Å². The molecule has 0 unspecified atom stereocenters. The van der Waals surface area contributed by atoms with Crippen LogP contribution in [0.3, 0.4) is 0 Å². The second-order valence-electron chi connectivity index (χ2n) is 3.81. The highest BCUT2D eigenvalue weighted by molar-refractivity contribution is 7.08. The highest BCUT2D eigenvalue weighted by Crippen LogP contribution is 2.09. The summed E-state index contributed by atoms with van der Waals surface area (Å²) < 4.78 is 5.09. The second-order valence-corrected chi connectivity index (χ2v) is 4.59. The molecule has 0 atom stereocenters. The zero-order valence-electron chi connectivity index (χ0n) is 10.1. The van der Waals surface area contributed by atoms with E-state index in [1.54, 1.807) is 35.6 Å². The zero-order valence-corrected chi connectivity index (χ0v) is 10.9. The van der Waals surface area contributed by atoms with Crippen LogP contribution in [0.2, 0.25) is 0 Å². The number of carbonyl (C=O) groups is 1. The van der Waals surface area contributed by atoms with Crippen molar-refractivity contribution in [1.29, 1.82) is 5.26 Å². The molecule has 0 N–H and O–H groups in total. The van der Waals surface area contributed by atoms with Gasteiger partial charge in [-0.2, -0.15) is 16.6 Å². The molecule has 4 heteroatoms. The van der Waals surface area contributed by atoms with Crippen LogP contribution in [0.15, 0.2) is 47.2 Å². The largest absolute Gasteiger partial charge is 0.458 e. The van der Waals surface area contributed by atoms with Gasteiger partial charge in [0.1, 0.15) is 6.61 Å². The van der Waals surface area contributed by atoms with Gasteiger partial charge in [0, 0.05) is 6.08 Å². The van der Waals surface area contributed by atoms with Crippen molar-refractivity contribution in [1.82, 2.24) is 0 Å². The predicted molar refractivity (Wildman–Crippen MR) is 74.3 cm³/mol. The molecule has 1 aromatic heterocycles. The number of hydrogen-bond donors (Lipinski definition) is 0. The normalized spacial score (nSPS) is 10.3. The molecule has 0 aliphatic heterocycles. The fourth-order valence-electron chi connectivity index (χ4n) is 1.47. The molecule has 2 aromatic rings. The molecule has 0 spiro atoms. The van der Waals surface area contributed by atoms with E-state index in [9.17, 15) is 4.79 Å². The smallest absolute Gasteiger partial charge is 0.331 e. The molecule has 0 aliphatic carbocycles. The summed E-state index contributed by atoms with van der Waals surface area (Å²) in [6, 6.07) is 11.0. The number of thiophene rings is 1. The maximum absolute atomic E-state index is 11.5. The van der Waals surface area contributed by atoms with Crippen molar-refractivity contribution in [3.8, 4) is 6.07 Å². The van der Waals surface area contributed by atoms with Crippen LogP contribution in [0.5, 0.6) is 0 Å². The summed E-state index contributed by atoms with van der Waals surface area (Å²) in [7, 11) is 0. The Labute approximate surface area is 115 Å². The van der Waals surface area contributed by atoms with Crippen molar-refractivity contribution in [2.75, 3.05) is 0 Å². The molecule has 0 saturated heterocycles. The highest BCUT2D eigenvalue weighted by Gasteiger charge is 2.00. The first kappa shape index (κ1) is 13.1. The Balaban J connectivity index is 1.88. The summed E-state index contributed by atoms with van der Waals surface area (Å²) in [6.45, 7) is 0.169. The van der Waals surface area contributed by atoms with Crippen molar-refractivity contribution in [2.45, 2.75) is 6.61 Å². The second kappa shape index (κ2) is 6.53. The molecular weight excluding hydrogens is 258 g/mol. The summed E-state index contributed by atoms with van der Waals surface area (Å²) in [5.41, 5.74) is 2.34. The fraction of sp³-hybridized carbons (Fsp3) is 0.0667. The maximum atomic E-state index is 11.5. The van der Waals surface area contributed by atoms with Crippen molar-refractivity contribution >= 4 is 23.4 Å². The third-order valence-corrected chi connectivity index (χ3v) is 3.09. The van der Waals surface area contributed by atoms with Gasteiger partial charge in [-0.15, -0.1) is 0 Å². The molecule has 0 aliphatic rings. The summed E-state index contributed by atoms with van der Waals surface area (Å²) in [5, 5.41) is 12.6. The summed E-state index contributed by atoms with van der Waals surface area (Å²) in [6.07, 6.45) is 3.11. The van der Waals surface area contributed by atoms with Gasteiger partial charge in [0.25, 0.3) is 0 Å². The molecule has 1 aromatic carbocycles. The van der Waals surface area contributed by atoms with E-state index in [0.717, 1.165) is 11.1 Å². The molecule has 0 bridgehead atoms. The number of nitriles is 1. The van der Waals surface area contributed by atoms with E-state index in [0.29, 0.717) is 5.56 Å². The Morgan fingerprint density at radius 3 is 3.05 bits per heavy atom. The third-order valence-electron chi connectivity index (χ3n) is 2.39. The average Bonchev–Trinajstić information content (AvgIpc) is 2.96. The van der Waals surface area contributed by atoms with E-state index < -0.39 is 5.97 Å². The predicted octanol–water partition coefficient (Wildman–Crippen LogP) is 3.38. The fourth-order valence-corrected chi connectivity index (χ4v) is 2.10. The topological polar surface area (TPSA) is 50.1 Å². The number of hydrogen-bond acceptors (Lipinski definition) is 4. The Morgan fingerprint density at radius 1 is 1.42 bits per heavy atom. The lowest BCUT2D eigenvalue weighted by molar-refractivity contribution is -0.138. The molecule has 19 heavy (non-hydrogen) atoms. The number of nitrogens with zero attached hydrogens (tertiary/aromatic N) is 1. The van der Waals surface area contributed by atoms with E-state index in [-0.39, 0.29) is 6.61 Å². The Kier molecular flexibility index (Phi) is 4.49. The number of benzene rings is 1. The minimum atomic E-state index is -0.395. The van der Waals surface area contributed by atoms with Crippen LogP contribution in [-0.2, 0) is 16.1 Å². The molecule has 1 heterocycles. The lowest BCUT2D eigenvalue weighted by Crippen LogP contribution is -2.00. The molecule has 0 radical (unpaired) electrons. The zero-order chi connectivity index (χ0) is 13.5. The number of rotatable bonds is 4. The summed E-state index contributed by atoms with van der Waals surface area (Å²) in [5.74, 6) is -0.395. The number of carbonyl (C=O) groups excluding carboxylic acids is 1.